The lowest BCUT2D eigenvalue weighted by molar-refractivity contribution is -0.384. The van der Waals surface area contributed by atoms with E-state index >= 15 is 0 Å². The van der Waals surface area contributed by atoms with Crippen LogP contribution in [0.2, 0.25) is 5.28 Å². The van der Waals surface area contributed by atoms with Gasteiger partial charge in [0.25, 0.3) is 5.69 Å². The molecule has 6 nitrogen and oxygen atoms in total. The minimum Gasteiger partial charge on any atom is -0.383 e. The summed E-state index contributed by atoms with van der Waals surface area (Å²) in [7, 11) is 0. The Morgan fingerprint density at radius 1 is 1.44 bits per heavy atom. The number of nitrogens with zero attached hydrogens (tertiary/aromatic N) is 3. The number of hydrogen-bond acceptors (Lipinski definition) is 5. The van der Waals surface area contributed by atoms with E-state index in [-0.39, 0.29) is 16.8 Å². The minimum absolute atomic E-state index is 0.0425. The Bertz CT molecular complexity index is 603. The first-order valence-electron chi connectivity index (χ1n) is 5.06. The van der Waals surface area contributed by atoms with Crippen LogP contribution >= 0.6 is 11.6 Å². The summed E-state index contributed by atoms with van der Waals surface area (Å²) in [6.07, 6.45) is 1.94. The Hall–Kier alpha value is -2.21. The van der Waals surface area contributed by atoms with Gasteiger partial charge in [0.2, 0.25) is 5.28 Å². The maximum Gasteiger partial charge on any atom is 0.269 e. The number of nitrogens with two attached hydrogens (primary N) is 1. The fourth-order valence-corrected chi connectivity index (χ4v) is 1.67. The molecule has 0 saturated heterocycles. The smallest absolute Gasteiger partial charge is 0.269 e. The summed E-state index contributed by atoms with van der Waals surface area (Å²) in [6, 6.07) is 6.33. The van der Waals surface area contributed by atoms with Gasteiger partial charge in [0.05, 0.1) is 4.92 Å². The summed E-state index contributed by atoms with van der Waals surface area (Å²) < 4.78 is 0. The summed E-state index contributed by atoms with van der Waals surface area (Å²) in [4.78, 5) is 17.9. The Morgan fingerprint density at radius 3 is 2.89 bits per heavy atom. The number of hydrogen-bond donors (Lipinski definition) is 1. The van der Waals surface area contributed by atoms with Gasteiger partial charge in [0, 0.05) is 30.3 Å². The summed E-state index contributed by atoms with van der Waals surface area (Å²) in [5, 5.41) is 10.7. The first kappa shape index (κ1) is 12.3. The van der Waals surface area contributed by atoms with E-state index in [9.17, 15) is 10.1 Å². The molecule has 7 heteroatoms. The zero-order chi connectivity index (χ0) is 13.1. The van der Waals surface area contributed by atoms with Crippen molar-refractivity contribution in [3.63, 3.8) is 0 Å². The van der Waals surface area contributed by atoms with Crippen molar-refractivity contribution in [2.75, 3.05) is 5.73 Å². The summed E-state index contributed by atoms with van der Waals surface area (Å²) >= 11 is 5.60. The SMILES string of the molecule is Nc1nc(Cl)ncc1Cc1cccc([N+](=O)[O-])c1. The number of aromatic nitrogens is 2. The van der Waals surface area contributed by atoms with Gasteiger partial charge >= 0.3 is 0 Å². The quantitative estimate of drug-likeness (QED) is 0.521. The first-order chi connectivity index (χ1) is 8.56. The van der Waals surface area contributed by atoms with E-state index in [1.165, 1.54) is 18.3 Å². The second kappa shape index (κ2) is 4.97. The van der Waals surface area contributed by atoms with Crippen LogP contribution in [0.1, 0.15) is 11.1 Å². The molecule has 2 aromatic rings. The fourth-order valence-electron chi connectivity index (χ4n) is 1.53. The molecule has 1 aromatic carbocycles. The Morgan fingerprint density at radius 2 is 2.22 bits per heavy atom. The summed E-state index contributed by atoms with van der Waals surface area (Å²) in [5.74, 6) is 0.279. The molecule has 0 aliphatic rings. The highest BCUT2D eigenvalue weighted by Crippen LogP contribution is 2.19. The predicted octanol–water partition coefficient (Wildman–Crippen LogP) is 2.21. The summed E-state index contributed by atoms with van der Waals surface area (Å²) in [5.41, 5.74) is 7.19. The molecule has 2 rings (SSSR count). The van der Waals surface area contributed by atoms with Crippen LogP contribution in [0, 0.1) is 10.1 Å². The molecular weight excluding hydrogens is 256 g/mol. The van der Waals surface area contributed by atoms with Gasteiger partial charge in [0.1, 0.15) is 5.82 Å². The van der Waals surface area contributed by atoms with Crippen LogP contribution < -0.4 is 5.73 Å². The molecule has 92 valence electrons. The van der Waals surface area contributed by atoms with Gasteiger partial charge in [-0.05, 0) is 17.2 Å². The van der Waals surface area contributed by atoms with E-state index in [2.05, 4.69) is 9.97 Å². The number of non-ortho nitro benzene ring substituents is 1. The van der Waals surface area contributed by atoms with Crippen molar-refractivity contribution >= 4 is 23.1 Å². The van der Waals surface area contributed by atoms with Gasteiger partial charge in [-0.15, -0.1) is 0 Å². The average Bonchev–Trinajstić information content (AvgIpc) is 2.33. The zero-order valence-electron chi connectivity index (χ0n) is 9.21. The number of benzene rings is 1. The van der Waals surface area contributed by atoms with E-state index in [4.69, 9.17) is 17.3 Å². The van der Waals surface area contributed by atoms with E-state index in [1.54, 1.807) is 12.1 Å². The van der Waals surface area contributed by atoms with Gasteiger partial charge in [0.15, 0.2) is 0 Å². The van der Waals surface area contributed by atoms with Crippen LogP contribution in [0.5, 0.6) is 0 Å². The Kier molecular flexibility index (Phi) is 3.38. The number of nitro benzene ring substituents is 1. The van der Waals surface area contributed by atoms with Crippen molar-refractivity contribution < 1.29 is 4.92 Å². The lowest BCUT2D eigenvalue weighted by Crippen LogP contribution is -2.01. The van der Waals surface area contributed by atoms with Gasteiger partial charge in [-0.2, -0.15) is 0 Å². The maximum absolute atomic E-state index is 10.7. The molecule has 18 heavy (non-hydrogen) atoms. The predicted molar refractivity (Wildman–Crippen MR) is 67.4 cm³/mol. The van der Waals surface area contributed by atoms with Gasteiger partial charge in [-0.25, -0.2) is 9.97 Å². The van der Waals surface area contributed by atoms with Crippen LogP contribution in [-0.4, -0.2) is 14.9 Å². The van der Waals surface area contributed by atoms with Crippen LogP contribution in [-0.2, 0) is 6.42 Å². The zero-order valence-corrected chi connectivity index (χ0v) is 9.96. The third-order valence-corrected chi connectivity index (χ3v) is 2.57. The third-order valence-electron chi connectivity index (χ3n) is 2.38. The summed E-state index contributed by atoms with van der Waals surface area (Å²) in [6.45, 7) is 0. The normalized spacial score (nSPS) is 10.3. The van der Waals surface area contributed by atoms with Crippen molar-refractivity contribution in [2.24, 2.45) is 0 Å². The van der Waals surface area contributed by atoms with E-state index < -0.39 is 4.92 Å². The van der Waals surface area contributed by atoms with Crippen LogP contribution in [0.3, 0.4) is 0 Å². The van der Waals surface area contributed by atoms with Crippen molar-refractivity contribution in [2.45, 2.75) is 6.42 Å². The molecule has 1 aromatic heterocycles. The molecule has 0 bridgehead atoms. The lowest BCUT2D eigenvalue weighted by Gasteiger charge is -2.04. The van der Waals surface area contributed by atoms with Gasteiger partial charge in [-0.3, -0.25) is 10.1 Å². The number of nitro groups is 1. The fraction of sp³-hybridized carbons (Fsp3) is 0.0909. The topological polar surface area (TPSA) is 94.9 Å². The van der Waals surface area contributed by atoms with E-state index in [0.29, 0.717) is 12.0 Å². The molecule has 0 amide bonds. The number of anilines is 1. The molecule has 2 N–H and O–H groups in total. The highest BCUT2D eigenvalue weighted by molar-refractivity contribution is 6.28. The molecule has 0 aliphatic carbocycles. The lowest BCUT2D eigenvalue weighted by atomic mass is 10.1. The first-order valence-corrected chi connectivity index (χ1v) is 5.44. The average molecular weight is 265 g/mol. The van der Waals surface area contributed by atoms with Crippen molar-refractivity contribution in [1.82, 2.24) is 9.97 Å². The molecule has 0 aliphatic heterocycles. The second-order valence-electron chi connectivity index (χ2n) is 3.65. The maximum atomic E-state index is 10.7. The molecule has 0 atom stereocenters. The highest BCUT2D eigenvalue weighted by Gasteiger charge is 2.08. The largest absolute Gasteiger partial charge is 0.383 e. The molecule has 0 spiro atoms. The van der Waals surface area contributed by atoms with Gasteiger partial charge in [-0.1, -0.05) is 12.1 Å². The standard InChI is InChI=1S/C11H9ClN4O2/c12-11-14-6-8(10(13)15-11)4-7-2-1-3-9(5-7)16(17)18/h1-3,5-6H,4H2,(H2,13,14,15). The molecule has 0 saturated carbocycles. The van der Waals surface area contributed by atoms with E-state index in [0.717, 1.165) is 5.56 Å². The number of halogens is 1. The molecule has 0 fully saturated rings. The molecule has 0 unspecified atom stereocenters. The monoisotopic (exact) mass is 264 g/mol. The van der Waals surface area contributed by atoms with Gasteiger partial charge < -0.3 is 5.73 Å². The number of rotatable bonds is 3. The highest BCUT2D eigenvalue weighted by atomic mass is 35.5. The van der Waals surface area contributed by atoms with Crippen LogP contribution in [0.4, 0.5) is 11.5 Å². The molecule has 0 radical (unpaired) electrons. The van der Waals surface area contributed by atoms with E-state index in [1.807, 2.05) is 0 Å². The number of nitrogen functional groups attached to an aromatic ring is 1. The Balaban J connectivity index is 2.28. The minimum atomic E-state index is -0.439. The third kappa shape index (κ3) is 2.72. The molecule has 1 heterocycles. The van der Waals surface area contributed by atoms with Crippen molar-refractivity contribution in [1.29, 1.82) is 0 Å². The van der Waals surface area contributed by atoms with Crippen LogP contribution in [0.25, 0.3) is 0 Å². The van der Waals surface area contributed by atoms with Crippen molar-refractivity contribution in [3.8, 4) is 0 Å². The van der Waals surface area contributed by atoms with Crippen molar-refractivity contribution in [3.05, 3.63) is 57.0 Å². The van der Waals surface area contributed by atoms with Crippen LogP contribution in [0.15, 0.2) is 30.5 Å². The second-order valence-corrected chi connectivity index (χ2v) is 3.99. The Labute approximate surface area is 108 Å². The molecular formula is C11H9ClN4O2.